The molecule has 2 heterocycles. The summed E-state index contributed by atoms with van der Waals surface area (Å²) in [4.78, 5) is 15.3. The average Bonchev–Trinajstić information content (AvgIpc) is 2.79. The van der Waals surface area contributed by atoms with Crippen LogP contribution in [0.15, 0.2) is 17.5 Å². The minimum atomic E-state index is -3.15. The van der Waals surface area contributed by atoms with Gasteiger partial charge in [-0.25, -0.2) is 12.7 Å². The van der Waals surface area contributed by atoms with Crippen LogP contribution in [0.2, 0.25) is 0 Å². The van der Waals surface area contributed by atoms with Crippen LogP contribution in [0.4, 0.5) is 0 Å². The van der Waals surface area contributed by atoms with E-state index in [0.717, 1.165) is 12.8 Å². The normalized spacial score (nSPS) is 17.7. The predicted octanol–water partition coefficient (Wildman–Crippen LogP) is 1.56. The van der Waals surface area contributed by atoms with E-state index < -0.39 is 10.0 Å². The van der Waals surface area contributed by atoms with E-state index in [0.29, 0.717) is 39.0 Å². The topological polar surface area (TPSA) is 57.7 Å². The van der Waals surface area contributed by atoms with Crippen LogP contribution < -0.4 is 0 Å². The van der Waals surface area contributed by atoms with Crippen LogP contribution in [0.1, 0.15) is 24.1 Å². The second kappa shape index (κ2) is 7.38. The second-order valence-corrected chi connectivity index (χ2v) is 8.34. The summed E-state index contributed by atoms with van der Waals surface area (Å²) in [5.74, 6) is 0.141. The van der Waals surface area contributed by atoms with Crippen LogP contribution in [-0.4, -0.2) is 56.0 Å². The third-order valence-corrected chi connectivity index (χ3v) is 5.91. The first-order valence-corrected chi connectivity index (χ1v) is 9.95. The zero-order chi connectivity index (χ0) is 15.3. The van der Waals surface area contributed by atoms with Crippen LogP contribution in [0.3, 0.4) is 0 Å². The van der Waals surface area contributed by atoms with E-state index in [1.54, 1.807) is 16.2 Å². The van der Waals surface area contributed by atoms with Gasteiger partial charge in [-0.1, -0.05) is 6.07 Å². The van der Waals surface area contributed by atoms with Gasteiger partial charge in [0.15, 0.2) is 0 Å². The van der Waals surface area contributed by atoms with Crippen molar-refractivity contribution in [1.29, 1.82) is 0 Å². The molecule has 1 aromatic rings. The molecule has 0 radical (unpaired) electrons. The molecule has 21 heavy (non-hydrogen) atoms. The van der Waals surface area contributed by atoms with Crippen LogP contribution in [-0.2, 0) is 21.2 Å². The number of aryl methyl sites for hydroxylation is 1. The maximum Gasteiger partial charge on any atom is 0.222 e. The van der Waals surface area contributed by atoms with E-state index in [4.69, 9.17) is 0 Å². The number of hydrogen-bond acceptors (Lipinski definition) is 4. The molecule has 0 saturated carbocycles. The van der Waals surface area contributed by atoms with Gasteiger partial charge in [-0.2, -0.15) is 0 Å². The Kier molecular flexibility index (Phi) is 5.78. The molecular weight excluding hydrogens is 308 g/mol. The fourth-order valence-electron chi connectivity index (χ4n) is 2.50. The van der Waals surface area contributed by atoms with Crippen molar-refractivity contribution < 1.29 is 13.2 Å². The van der Waals surface area contributed by atoms with Gasteiger partial charge in [0.25, 0.3) is 0 Å². The van der Waals surface area contributed by atoms with Crippen molar-refractivity contribution in [2.24, 2.45) is 0 Å². The fourth-order valence-corrected chi connectivity index (χ4v) is 4.13. The highest BCUT2D eigenvalue weighted by Gasteiger charge is 2.23. The first kappa shape index (κ1) is 16.5. The quantitative estimate of drug-likeness (QED) is 0.823. The second-order valence-electron chi connectivity index (χ2n) is 5.33. The molecule has 0 aliphatic carbocycles. The van der Waals surface area contributed by atoms with E-state index >= 15 is 0 Å². The van der Waals surface area contributed by atoms with E-state index in [2.05, 4.69) is 6.07 Å². The summed E-state index contributed by atoms with van der Waals surface area (Å²) in [6.45, 7) is 2.09. The molecule has 7 heteroatoms. The third kappa shape index (κ3) is 5.09. The Morgan fingerprint density at radius 3 is 2.76 bits per heavy atom. The molecule has 0 aromatic carbocycles. The Morgan fingerprint density at radius 2 is 2.10 bits per heavy atom. The molecule has 0 bridgehead atoms. The third-order valence-electron chi connectivity index (χ3n) is 3.67. The lowest BCUT2D eigenvalue weighted by molar-refractivity contribution is -0.131. The molecule has 0 atom stereocenters. The fraction of sp³-hybridized carbons (Fsp3) is 0.643. The van der Waals surface area contributed by atoms with Gasteiger partial charge in [-0.15, -0.1) is 11.3 Å². The lowest BCUT2D eigenvalue weighted by Crippen LogP contribution is -2.36. The summed E-state index contributed by atoms with van der Waals surface area (Å²) in [6.07, 6.45) is 4.27. The van der Waals surface area contributed by atoms with Gasteiger partial charge in [0.2, 0.25) is 15.9 Å². The Hall–Kier alpha value is -0.920. The number of sulfonamides is 1. The number of carbonyl (C=O) groups excluding carboxylic acids is 1. The molecule has 2 rings (SSSR count). The maximum absolute atomic E-state index is 12.2. The molecular formula is C14H22N2O3S2. The number of carbonyl (C=O) groups is 1. The SMILES string of the molecule is CS(=O)(=O)N1CCCN(C(=O)CCCc2cccs2)CC1. The van der Waals surface area contributed by atoms with Crippen LogP contribution in [0.25, 0.3) is 0 Å². The van der Waals surface area contributed by atoms with Crippen molar-refractivity contribution in [3.05, 3.63) is 22.4 Å². The van der Waals surface area contributed by atoms with E-state index in [1.807, 2.05) is 11.4 Å². The number of nitrogens with zero attached hydrogens (tertiary/aromatic N) is 2. The first-order valence-electron chi connectivity index (χ1n) is 7.22. The molecule has 1 fully saturated rings. The average molecular weight is 330 g/mol. The molecule has 0 unspecified atom stereocenters. The van der Waals surface area contributed by atoms with Crippen molar-refractivity contribution in [2.75, 3.05) is 32.4 Å². The van der Waals surface area contributed by atoms with Crippen molar-refractivity contribution >= 4 is 27.3 Å². The molecule has 0 spiro atoms. The van der Waals surface area contributed by atoms with E-state index in [9.17, 15) is 13.2 Å². The summed E-state index contributed by atoms with van der Waals surface area (Å²) in [6, 6.07) is 4.11. The standard InChI is InChI=1S/C14H22N2O3S2/c1-21(18,19)16-9-4-8-15(10-11-16)14(17)7-2-5-13-6-3-12-20-13/h3,6,12H,2,4-5,7-11H2,1H3. The zero-order valence-corrected chi connectivity index (χ0v) is 14.0. The smallest absolute Gasteiger partial charge is 0.222 e. The Bertz CT molecular complexity index is 555. The summed E-state index contributed by atoms with van der Waals surface area (Å²) in [5.41, 5.74) is 0. The van der Waals surface area contributed by atoms with Gasteiger partial charge < -0.3 is 4.90 Å². The van der Waals surface area contributed by atoms with Gasteiger partial charge in [0, 0.05) is 37.5 Å². The van der Waals surface area contributed by atoms with Crippen molar-refractivity contribution in [1.82, 2.24) is 9.21 Å². The Balaban J connectivity index is 1.77. The van der Waals surface area contributed by atoms with Gasteiger partial charge in [-0.3, -0.25) is 4.79 Å². The van der Waals surface area contributed by atoms with E-state index in [1.165, 1.54) is 15.4 Å². The minimum absolute atomic E-state index is 0.141. The summed E-state index contributed by atoms with van der Waals surface area (Å²) in [5, 5.41) is 2.05. The van der Waals surface area contributed by atoms with Crippen molar-refractivity contribution in [3.63, 3.8) is 0 Å². The summed E-state index contributed by atoms with van der Waals surface area (Å²) in [7, 11) is -3.15. The molecule has 1 aliphatic rings. The maximum atomic E-state index is 12.2. The van der Waals surface area contributed by atoms with Gasteiger partial charge >= 0.3 is 0 Å². The predicted molar refractivity (Wildman–Crippen MR) is 84.9 cm³/mol. The van der Waals surface area contributed by atoms with Crippen LogP contribution >= 0.6 is 11.3 Å². The molecule has 1 saturated heterocycles. The molecule has 5 nitrogen and oxygen atoms in total. The zero-order valence-electron chi connectivity index (χ0n) is 12.3. The number of rotatable bonds is 5. The number of hydrogen-bond donors (Lipinski definition) is 0. The first-order chi connectivity index (χ1) is 9.97. The molecule has 0 N–H and O–H groups in total. The van der Waals surface area contributed by atoms with Crippen molar-refractivity contribution in [3.8, 4) is 0 Å². The molecule has 1 aliphatic heterocycles. The van der Waals surface area contributed by atoms with Gasteiger partial charge in [0.1, 0.15) is 0 Å². The lowest BCUT2D eigenvalue weighted by Gasteiger charge is -2.21. The van der Waals surface area contributed by atoms with Crippen molar-refractivity contribution in [2.45, 2.75) is 25.7 Å². The van der Waals surface area contributed by atoms with Gasteiger partial charge in [-0.05, 0) is 30.7 Å². The molecule has 118 valence electrons. The van der Waals surface area contributed by atoms with Crippen LogP contribution in [0.5, 0.6) is 0 Å². The highest BCUT2D eigenvalue weighted by Crippen LogP contribution is 2.13. The monoisotopic (exact) mass is 330 g/mol. The lowest BCUT2D eigenvalue weighted by atomic mass is 10.2. The summed E-state index contributed by atoms with van der Waals surface area (Å²) >= 11 is 1.72. The van der Waals surface area contributed by atoms with E-state index in [-0.39, 0.29) is 5.91 Å². The van der Waals surface area contributed by atoms with Gasteiger partial charge in [0.05, 0.1) is 6.26 Å². The molecule has 1 amide bonds. The number of amides is 1. The Labute approximate surface area is 130 Å². The Morgan fingerprint density at radius 1 is 1.29 bits per heavy atom. The number of thiophene rings is 1. The summed E-state index contributed by atoms with van der Waals surface area (Å²) < 4.78 is 24.5. The van der Waals surface area contributed by atoms with Crippen LogP contribution in [0, 0.1) is 0 Å². The highest BCUT2D eigenvalue weighted by atomic mass is 32.2. The molecule has 1 aromatic heterocycles. The largest absolute Gasteiger partial charge is 0.341 e. The minimum Gasteiger partial charge on any atom is -0.341 e. The highest BCUT2D eigenvalue weighted by molar-refractivity contribution is 7.88.